The summed E-state index contributed by atoms with van der Waals surface area (Å²) in [5.74, 6) is 0.196. The summed E-state index contributed by atoms with van der Waals surface area (Å²) in [4.78, 5) is 31.6. The Bertz CT molecular complexity index is 580. The third-order valence-electron chi connectivity index (χ3n) is 4.76. The molecule has 1 saturated heterocycles. The van der Waals surface area contributed by atoms with Gasteiger partial charge in [0.15, 0.2) is 0 Å². The van der Waals surface area contributed by atoms with Gasteiger partial charge in [-0.1, -0.05) is 0 Å². The van der Waals surface area contributed by atoms with Crippen molar-refractivity contribution in [1.29, 1.82) is 0 Å². The highest BCUT2D eigenvalue weighted by molar-refractivity contribution is 7.09. The molecule has 1 aromatic rings. The van der Waals surface area contributed by atoms with E-state index in [4.69, 9.17) is 0 Å². The number of carbonyl (C=O) groups is 2. The van der Waals surface area contributed by atoms with Gasteiger partial charge >= 0.3 is 0 Å². The van der Waals surface area contributed by atoms with Crippen LogP contribution in [0.1, 0.15) is 45.5 Å². The Morgan fingerprint density at radius 1 is 1.43 bits per heavy atom. The number of rotatable bonds is 3. The molecule has 2 aliphatic rings. The van der Waals surface area contributed by atoms with E-state index in [0.29, 0.717) is 0 Å². The first-order chi connectivity index (χ1) is 9.78. The molecule has 5 nitrogen and oxygen atoms in total. The Hall–Kier alpha value is -1.43. The topological polar surface area (TPSA) is 62.3 Å². The molecule has 2 amide bonds. The van der Waals surface area contributed by atoms with Crippen LogP contribution in [0.4, 0.5) is 0 Å². The van der Waals surface area contributed by atoms with E-state index in [2.05, 4.69) is 10.3 Å². The zero-order valence-corrected chi connectivity index (χ0v) is 13.7. The number of piperazine rings is 1. The molecule has 21 heavy (non-hydrogen) atoms. The summed E-state index contributed by atoms with van der Waals surface area (Å²) in [6.07, 6.45) is 3.74. The Labute approximate surface area is 128 Å². The zero-order chi connectivity index (χ0) is 15.4. The van der Waals surface area contributed by atoms with E-state index < -0.39 is 17.1 Å². The maximum atomic E-state index is 13.1. The highest BCUT2D eigenvalue weighted by Gasteiger charge is 2.57. The molecule has 3 rings (SSSR count). The van der Waals surface area contributed by atoms with E-state index in [1.54, 1.807) is 18.0 Å². The molecular weight excluding hydrogens is 286 g/mol. The van der Waals surface area contributed by atoms with Crippen LogP contribution in [-0.4, -0.2) is 33.3 Å². The van der Waals surface area contributed by atoms with Gasteiger partial charge in [0.25, 0.3) is 0 Å². The number of carbonyl (C=O) groups excluding carboxylic acids is 2. The van der Waals surface area contributed by atoms with Gasteiger partial charge < -0.3 is 10.2 Å². The predicted octanol–water partition coefficient (Wildman–Crippen LogP) is 1.89. The van der Waals surface area contributed by atoms with Crippen molar-refractivity contribution in [2.75, 3.05) is 0 Å². The summed E-state index contributed by atoms with van der Waals surface area (Å²) in [6.45, 7) is 7.58. The Kier molecular flexibility index (Phi) is 3.13. The lowest BCUT2D eigenvalue weighted by Crippen LogP contribution is -2.72. The lowest BCUT2D eigenvalue weighted by Gasteiger charge is -2.49. The molecule has 1 aliphatic carbocycles. The van der Waals surface area contributed by atoms with Crippen LogP contribution in [0.15, 0.2) is 11.6 Å². The van der Waals surface area contributed by atoms with E-state index in [1.165, 1.54) is 11.3 Å². The summed E-state index contributed by atoms with van der Waals surface area (Å²) in [5, 5.41) is 5.71. The fourth-order valence-corrected chi connectivity index (χ4v) is 4.02. The quantitative estimate of drug-likeness (QED) is 0.927. The van der Waals surface area contributed by atoms with E-state index in [-0.39, 0.29) is 17.7 Å². The van der Waals surface area contributed by atoms with Crippen molar-refractivity contribution in [3.05, 3.63) is 16.6 Å². The highest BCUT2D eigenvalue weighted by Crippen LogP contribution is 2.44. The number of hydrogen-bond acceptors (Lipinski definition) is 4. The van der Waals surface area contributed by atoms with Gasteiger partial charge in [-0.05, 0) is 46.5 Å². The first-order valence-electron chi connectivity index (χ1n) is 7.34. The molecule has 1 N–H and O–H groups in total. The van der Waals surface area contributed by atoms with Crippen molar-refractivity contribution < 1.29 is 9.59 Å². The number of nitrogens with one attached hydrogen (secondary N) is 1. The number of hydrogen-bond donors (Lipinski definition) is 1. The lowest BCUT2D eigenvalue weighted by molar-refractivity contribution is -0.161. The van der Waals surface area contributed by atoms with Gasteiger partial charge in [-0.3, -0.25) is 9.59 Å². The molecule has 2 heterocycles. The Balaban J connectivity index is 2.02. The fraction of sp³-hybridized carbons (Fsp3) is 0.667. The molecular formula is C15H21N3O2S. The second kappa shape index (κ2) is 4.53. The molecule has 1 aliphatic heterocycles. The molecule has 6 heteroatoms. The highest BCUT2D eigenvalue weighted by atomic mass is 32.1. The van der Waals surface area contributed by atoms with Gasteiger partial charge in [0.1, 0.15) is 16.6 Å². The maximum Gasteiger partial charge on any atom is 0.249 e. The van der Waals surface area contributed by atoms with Crippen LogP contribution in [0.25, 0.3) is 0 Å². The summed E-state index contributed by atoms with van der Waals surface area (Å²) < 4.78 is 0. The van der Waals surface area contributed by atoms with Gasteiger partial charge in [0, 0.05) is 11.6 Å². The molecule has 1 saturated carbocycles. The molecule has 2 unspecified atom stereocenters. The minimum Gasteiger partial charge on any atom is -0.340 e. The maximum absolute atomic E-state index is 13.1. The van der Waals surface area contributed by atoms with Gasteiger partial charge in [0.2, 0.25) is 11.8 Å². The van der Waals surface area contributed by atoms with E-state index in [1.807, 2.05) is 26.2 Å². The van der Waals surface area contributed by atoms with Crippen molar-refractivity contribution >= 4 is 23.2 Å². The van der Waals surface area contributed by atoms with E-state index in [9.17, 15) is 9.59 Å². The second-order valence-electron chi connectivity index (χ2n) is 6.71. The smallest absolute Gasteiger partial charge is 0.249 e. The largest absolute Gasteiger partial charge is 0.340 e. The van der Waals surface area contributed by atoms with Crippen LogP contribution in [0.2, 0.25) is 0 Å². The van der Waals surface area contributed by atoms with Crippen molar-refractivity contribution in [3.8, 4) is 0 Å². The number of amides is 2. The minimum atomic E-state index is -0.766. The van der Waals surface area contributed by atoms with Gasteiger partial charge in [-0.15, -0.1) is 11.3 Å². The van der Waals surface area contributed by atoms with Crippen molar-refractivity contribution in [3.63, 3.8) is 0 Å². The van der Waals surface area contributed by atoms with Crippen LogP contribution in [0.5, 0.6) is 0 Å². The second-order valence-corrected chi connectivity index (χ2v) is 7.61. The average Bonchev–Trinajstić information content (AvgIpc) is 3.12. The van der Waals surface area contributed by atoms with Crippen LogP contribution in [0.3, 0.4) is 0 Å². The first-order valence-corrected chi connectivity index (χ1v) is 8.22. The molecule has 0 spiro atoms. The van der Waals surface area contributed by atoms with Gasteiger partial charge in [0.05, 0.1) is 5.54 Å². The van der Waals surface area contributed by atoms with Crippen molar-refractivity contribution in [1.82, 2.24) is 15.2 Å². The third kappa shape index (κ3) is 2.08. The summed E-state index contributed by atoms with van der Waals surface area (Å²) in [6, 6.07) is -0.483. The van der Waals surface area contributed by atoms with E-state index >= 15 is 0 Å². The Morgan fingerprint density at radius 3 is 2.62 bits per heavy atom. The van der Waals surface area contributed by atoms with Crippen LogP contribution < -0.4 is 5.32 Å². The Morgan fingerprint density at radius 2 is 2.10 bits per heavy atom. The van der Waals surface area contributed by atoms with E-state index in [0.717, 1.165) is 17.8 Å². The normalized spacial score (nSPS) is 30.5. The molecule has 0 radical (unpaired) electrons. The summed E-state index contributed by atoms with van der Waals surface area (Å²) in [5.41, 5.74) is -1.35. The number of thiazole rings is 1. The number of nitrogens with zero attached hydrogens (tertiary/aromatic N) is 2. The predicted molar refractivity (Wildman–Crippen MR) is 80.7 cm³/mol. The number of aromatic nitrogens is 1. The van der Waals surface area contributed by atoms with Crippen LogP contribution >= 0.6 is 11.3 Å². The van der Waals surface area contributed by atoms with Crippen LogP contribution in [-0.2, 0) is 15.1 Å². The van der Waals surface area contributed by atoms with Crippen molar-refractivity contribution in [2.24, 2.45) is 5.92 Å². The van der Waals surface area contributed by atoms with Gasteiger partial charge in [-0.25, -0.2) is 4.98 Å². The van der Waals surface area contributed by atoms with Crippen LogP contribution in [0, 0.1) is 5.92 Å². The fourth-order valence-electron chi connectivity index (χ4n) is 3.26. The standard InChI is InChI=1S/C15H21N3O2S/c1-9-11(19)17-15(4,10-5-6-10)13(20)18(9)14(2,3)12-16-7-8-21-12/h7-10H,5-6H2,1-4H3,(H,17,19). The lowest BCUT2D eigenvalue weighted by atomic mass is 9.86. The summed E-state index contributed by atoms with van der Waals surface area (Å²) >= 11 is 1.52. The summed E-state index contributed by atoms with van der Waals surface area (Å²) in [7, 11) is 0. The SMILES string of the molecule is CC1C(=O)NC(C)(C2CC2)C(=O)N1C(C)(C)c1nccs1. The molecule has 2 fully saturated rings. The monoisotopic (exact) mass is 307 g/mol. The van der Waals surface area contributed by atoms with Crippen molar-refractivity contribution in [2.45, 2.75) is 57.7 Å². The third-order valence-corrected chi connectivity index (χ3v) is 5.85. The molecule has 114 valence electrons. The van der Waals surface area contributed by atoms with Gasteiger partial charge in [-0.2, -0.15) is 0 Å². The molecule has 0 aromatic carbocycles. The minimum absolute atomic E-state index is 0.0114. The molecule has 2 atom stereocenters. The molecule has 0 bridgehead atoms. The zero-order valence-electron chi connectivity index (χ0n) is 12.8. The first kappa shape index (κ1) is 14.5. The molecule has 1 aromatic heterocycles. The average molecular weight is 307 g/mol.